The molecule has 0 saturated carbocycles. The molecule has 46 valence electrons. The summed E-state index contributed by atoms with van der Waals surface area (Å²) in [7, 11) is 0. The van der Waals surface area contributed by atoms with Crippen LogP contribution in [0.2, 0.25) is 0 Å². The molecule has 0 aliphatic rings. The monoisotopic (exact) mass is 150 g/mol. The second kappa shape index (κ2) is 3.80. The molecule has 4 heteroatoms. The number of aromatic nitrogens is 2. The van der Waals surface area contributed by atoms with Gasteiger partial charge in [-0.2, -0.15) is 0 Å². The minimum atomic E-state index is 0. The lowest BCUT2D eigenvalue weighted by atomic mass is 10.9. The highest BCUT2D eigenvalue weighted by Gasteiger charge is 1.86. The maximum absolute atomic E-state index is 4.02. The molecule has 0 aliphatic carbocycles. The molecule has 0 aromatic carbocycles. The molecular weight excluding hydrogens is 144 g/mol. The predicted octanol–water partition coefficient (Wildman–Crippen LogP) is -2.81. The van der Waals surface area contributed by atoms with E-state index in [1.807, 2.05) is 23.3 Å². The normalized spacial score (nSPS) is 8.12. The minimum absolute atomic E-state index is 0. The molecule has 1 heterocycles. The van der Waals surface area contributed by atoms with E-state index in [1.54, 1.807) is 0 Å². The van der Waals surface area contributed by atoms with Crippen LogP contribution >= 0.6 is 12.6 Å². The van der Waals surface area contributed by atoms with Crippen LogP contribution in [0.3, 0.4) is 0 Å². The van der Waals surface area contributed by atoms with E-state index in [0.717, 1.165) is 5.88 Å². The number of imidazole rings is 1. The fourth-order valence-corrected chi connectivity index (χ4v) is 0.584. The van der Waals surface area contributed by atoms with Crippen LogP contribution in [0.4, 0.5) is 0 Å². The highest BCUT2D eigenvalue weighted by Crippen LogP contribution is 1.71. The van der Waals surface area contributed by atoms with E-state index in [4.69, 9.17) is 0 Å². The van der Waals surface area contributed by atoms with Crippen LogP contribution in [0, 0.1) is 0 Å². The summed E-state index contributed by atoms with van der Waals surface area (Å²) >= 11 is 4.02. The number of halogens is 1. The summed E-state index contributed by atoms with van der Waals surface area (Å²) in [5.41, 5.74) is 0. The average Bonchev–Trinajstić information content (AvgIpc) is 2.14. The van der Waals surface area contributed by atoms with Crippen LogP contribution in [0.25, 0.3) is 0 Å². The van der Waals surface area contributed by atoms with E-state index in [2.05, 4.69) is 17.6 Å². The maximum Gasteiger partial charge on any atom is 0.242 e. The standard InChI is InChI=1S/C4H6N2S.ClH/c7-4-6-2-1-5-3-6;/h1-3,7H,4H2;1H. The van der Waals surface area contributed by atoms with Crippen molar-refractivity contribution in [3.8, 4) is 0 Å². The Morgan fingerprint density at radius 1 is 1.62 bits per heavy atom. The van der Waals surface area contributed by atoms with Crippen LogP contribution in [0.15, 0.2) is 18.7 Å². The molecule has 0 spiro atoms. The van der Waals surface area contributed by atoms with Gasteiger partial charge in [0.25, 0.3) is 0 Å². The van der Waals surface area contributed by atoms with Gasteiger partial charge in [0, 0.05) is 0 Å². The molecule has 8 heavy (non-hydrogen) atoms. The zero-order chi connectivity index (χ0) is 5.11. The minimum Gasteiger partial charge on any atom is -1.00 e. The number of nitrogens with one attached hydrogen (secondary N) is 1. The molecule has 0 radical (unpaired) electrons. The number of hydrogen-bond donors (Lipinski definition) is 2. The van der Waals surface area contributed by atoms with Gasteiger partial charge in [-0.25, -0.2) is 4.57 Å². The van der Waals surface area contributed by atoms with E-state index in [-0.39, 0.29) is 12.4 Å². The molecule has 0 unspecified atom stereocenters. The van der Waals surface area contributed by atoms with Crippen LogP contribution in [0.1, 0.15) is 0 Å². The van der Waals surface area contributed by atoms with E-state index in [1.165, 1.54) is 0 Å². The molecule has 0 amide bonds. The van der Waals surface area contributed by atoms with Crippen molar-refractivity contribution < 1.29 is 17.0 Å². The largest absolute Gasteiger partial charge is 1.00 e. The zero-order valence-electron chi connectivity index (χ0n) is 4.21. The molecule has 0 saturated heterocycles. The number of hydrogen-bond acceptors (Lipinski definition) is 1. The fourth-order valence-electron chi connectivity index (χ4n) is 0.409. The van der Waals surface area contributed by atoms with Crippen molar-refractivity contribution in [1.82, 2.24) is 4.98 Å². The first-order valence-electron chi connectivity index (χ1n) is 2.06. The number of nitrogens with zero attached hydrogens (tertiary/aromatic N) is 1. The molecule has 1 rings (SSSR count). The summed E-state index contributed by atoms with van der Waals surface area (Å²) in [6.07, 6.45) is 5.64. The third kappa shape index (κ3) is 1.76. The topological polar surface area (TPSA) is 19.7 Å². The van der Waals surface area contributed by atoms with E-state index in [0.29, 0.717) is 0 Å². The number of rotatable bonds is 1. The molecule has 0 fully saturated rings. The Morgan fingerprint density at radius 3 is 2.62 bits per heavy atom. The maximum atomic E-state index is 4.02. The third-order valence-corrected chi connectivity index (χ3v) is 1.09. The van der Waals surface area contributed by atoms with Crippen molar-refractivity contribution in [2.45, 2.75) is 5.88 Å². The van der Waals surface area contributed by atoms with Gasteiger partial charge >= 0.3 is 0 Å². The summed E-state index contributed by atoms with van der Waals surface area (Å²) in [6.45, 7) is 0. The highest BCUT2D eigenvalue weighted by atomic mass is 35.5. The SMILES string of the molecule is SC[n+]1cc[nH]c1.[Cl-]. The Balaban J connectivity index is 0.000000490. The smallest absolute Gasteiger partial charge is 0.242 e. The average molecular weight is 151 g/mol. The first kappa shape index (κ1) is 7.85. The quantitative estimate of drug-likeness (QED) is 0.319. The van der Waals surface area contributed by atoms with Gasteiger partial charge in [0.05, 0.1) is 0 Å². The first-order chi connectivity index (χ1) is 3.43. The van der Waals surface area contributed by atoms with Gasteiger partial charge < -0.3 is 12.4 Å². The van der Waals surface area contributed by atoms with Gasteiger partial charge in [-0.1, -0.05) is 0 Å². The van der Waals surface area contributed by atoms with Crippen molar-refractivity contribution >= 4 is 12.6 Å². The first-order valence-corrected chi connectivity index (χ1v) is 2.69. The molecule has 0 aliphatic heterocycles. The summed E-state index contributed by atoms with van der Waals surface area (Å²) in [6, 6.07) is 0. The van der Waals surface area contributed by atoms with Crippen molar-refractivity contribution in [3.05, 3.63) is 18.7 Å². The molecule has 1 aromatic heterocycles. The molecule has 2 nitrogen and oxygen atoms in total. The lowest BCUT2D eigenvalue weighted by molar-refractivity contribution is -0.674. The Morgan fingerprint density at radius 2 is 2.38 bits per heavy atom. The van der Waals surface area contributed by atoms with Crippen molar-refractivity contribution in [2.24, 2.45) is 0 Å². The summed E-state index contributed by atoms with van der Waals surface area (Å²) in [5.74, 6) is 0.740. The fraction of sp³-hybridized carbons (Fsp3) is 0.250. The van der Waals surface area contributed by atoms with Gasteiger partial charge in [0.15, 0.2) is 0 Å². The van der Waals surface area contributed by atoms with Crippen molar-refractivity contribution in [1.29, 1.82) is 0 Å². The third-order valence-electron chi connectivity index (χ3n) is 0.766. The van der Waals surface area contributed by atoms with Gasteiger partial charge in [-0.3, -0.25) is 4.98 Å². The van der Waals surface area contributed by atoms with Gasteiger partial charge in [0.2, 0.25) is 6.33 Å². The number of thiol groups is 1. The Bertz CT molecular complexity index is 129. The van der Waals surface area contributed by atoms with Crippen LogP contribution < -0.4 is 17.0 Å². The van der Waals surface area contributed by atoms with Crippen LogP contribution in [-0.2, 0) is 5.88 Å². The van der Waals surface area contributed by atoms with Gasteiger partial charge in [-0.05, 0) is 0 Å². The number of aromatic amines is 1. The van der Waals surface area contributed by atoms with E-state index in [9.17, 15) is 0 Å². The summed E-state index contributed by atoms with van der Waals surface area (Å²) in [4.78, 5) is 2.89. The second-order valence-electron chi connectivity index (χ2n) is 1.27. The van der Waals surface area contributed by atoms with Crippen molar-refractivity contribution in [2.75, 3.05) is 0 Å². The van der Waals surface area contributed by atoms with E-state index >= 15 is 0 Å². The molecule has 1 N–H and O–H groups in total. The van der Waals surface area contributed by atoms with E-state index < -0.39 is 0 Å². The predicted molar refractivity (Wildman–Crippen MR) is 30.0 cm³/mol. The summed E-state index contributed by atoms with van der Waals surface area (Å²) in [5, 5.41) is 0. The molecule has 1 aromatic rings. The molecular formula is C4H7ClN2S. The lowest BCUT2D eigenvalue weighted by Gasteiger charge is -1.78. The Labute approximate surface area is 59.7 Å². The highest BCUT2D eigenvalue weighted by molar-refractivity contribution is 7.78. The van der Waals surface area contributed by atoms with Crippen LogP contribution in [-0.4, -0.2) is 4.98 Å². The second-order valence-corrected chi connectivity index (χ2v) is 1.55. The lowest BCUT2D eigenvalue weighted by Crippen LogP contribution is -3.00. The van der Waals surface area contributed by atoms with Crippen LogP contribution in [0.5, 0.6) is 0 Å². The number of H-pyrrole nitrogens is 1. The zero-order valence-corrected chi connectivity index (χ0v) is 5.86. The Hall–Kier alpha value is -0.150. The molecule has 0 atom stereocenters. The summed E-state index contributed by atoms with van der Waals surface area (Å²) < 4.78 is 1.93. The molecule has 0 bridgehead atoms. The van der Waals surface area contributed by atoms with Gasteiger partial charge in [0.1, 0.15) is 18.3 Å². The van der Waals surface area contributed by atoms with Crippen molar-refractivity contribution in [3.63, 3.8) is 0 Å². The van der Waals surface area contributed by atoms with Gasteiger partial charge in [-0.15, -0.1) is 12.6 Å². The Kier molecular flexibility index (Phi) is 3.73.